The summed E-state index contributed by atoms with van der Waals surface area (Å²) in [5.74, 6) is -1.07. The van der Waals surface area contributed by atoms with Crippen LogP contribution in [0.25, 0.3) is 0 Å². The molecule has 13 nitrogen and oxygen atoms in total. The number of ether oxygens (including phenoxy) is 3. The number of fused-ring (bicyclic) bond motifs is 1. The number of hydrogen-bond acceptors (Lipinski definition) is 11. The van der Waals surface area contributed by atoms with Crippen LogP contribution in [-0.4, -0.2) is 106 Å². The summed E-state index contributed by atoms with van der Waals surface area (Å²) >= 11 is 0. The Morgan fingerprint density at radius 1 is 1.02 bits per heavy atom. The summed E-state index contributed by atoms with van der Waals surface area (Å²) in [5, 5.41) is 9.88. The van der Waals surface area contributed by atoms with Crippen LogP contribution in [0.1, 0.15) is 36.5 Å². The van der Waals surface area contributed by atoms with Gasteiger partial charge in [0.1, 0.15) is 10.6 Å². The maximum Gasteiger partial charge on any atom is 0.411 e. The van der Waals surface area contributed by atoms with E-state index in [4.69, 9.17) is 14.2 Å². The molecule has 0 spiro atoms. The van der Waals surface area contributed by atoms with Crippen molar-refractivity contribution < 1.29 is 32.2 Å². The zero-order valence-electron chi connectivity index (χ0n) is 27.2. The first-order valence-electron chi connectivity index (χ1n) is 15.9. The van der Waals surface area contributed by atoms with E-state index in [1.807, 2.05) is 0 Å². The Kier molecular flexibility index (Phi) is 9.28. The number of hydrogen-bond donors (Lipinski definition) is 0. The van der Waals surface area contributed by atoms with Crippen molar-refractivity contribution in [3.63, 3.8) is 0 Å². The number of piperazine rings is 1. The molecule has 1 atom stereocenters. The number of pyridine rings is 1. The summed E-state index contributed by atoms with van der Waals surface area (Å²) in [5.41, 5.74) is -2.26. The zero-order valence-corrected chi connectivity index (χ0v) is 28.0. The average Bonchev–Trinajstić information content (AvgIpc) is 3.36. The number of likely N-dealkylation sites (N-methyl/N-ethyl adjacent to an activating group) is 1. The molecular formula is C34H38N6O7S. The molecule has 6 rings (SSSR count). The van der Waals surface area contributed by atoms with Gasteiger partial charge in [0.15, 0.2) is 0 Å². The summed E-state index contributed by atoms with van der Waals surface area (Å²) < 4.78 is 46.9. The van der Waals surface area contributed by atoms with Gasteiger partial charge in [-0.05, 0) is 69.3 Å². The number of anilines is 1. The Morgan fingerprint density at radius 3 is 2.44 bits per heavy atom. The quantitative estimate of drug-likeness (QED) is 0.347. The van der Waals surface area contributed by atoms with Gasteiger partial charge < -0.3 is 24.0 Å². The molecule has 0 radical (unpaired) electrons. The van der Waals surface area contributed by atoms with E-state index in [1.165, 1.54) is 55.8 Å². The molecule has 3 aromatic rings. The monoisotopic (exact) mass is 674 g/mol. The van der Waals surface area contributed by atoms with Crippen molar-refractivity contribution in [3.8, 4) is 17.7 Å². The van der Waals surface area contributed by atoms with Gasteiger partial charge >= 0.3 is 6.09 Å². The Hall–Kier alpha value is -4.71. The van der Waals surface area contributed by atoms with Gasteiger partial charge in [-0.15, -0.1) is 0 Å². The first-order chi connectivity index (χ1) is 23.1. The van der Waals surface area contributed by atoms with Crippen LogP contribution < -0.4 is 13.8 Å². The summed E-state index contributed by atoms with van der Waals surface area (Å²) in [4.78, 5) is 39.5. The fourth-order valence-corrected chi connectivity index (χ4v) is 8.34. The highest BCUT2D eigenvalue weighted by atomic mass is 32.2. The predicted molar refractivity (Wildman–Crippen MR) is 175 cm³/mol. The normalized spacial score (nSPS) is 20.7. The number of sulfonamides is 1. The number of methoxy groups -OCH3 is 1. The molecule has 3 aliphatic rings. The zero-order chi connectivity index (χ0) is 34.1. The number of nitrogens with zero attached hydrogens (tertiary/aromatic N) is 6. The molecule has 0 N–H and O–H groups in total. The topological polar surface area (TPSA) is 146 Å². The van der Waals surface area contributed by atoms with Crippen LogP contribution in [0.4, 0.5) is 10.5 Å². The second-order valence-corrected chi connectivity index (χ2v) is 13.7. The van der Waals surface area contributed by atoms with Crippen LogP contribution in [0.2, 0.25) is 0 Å². The van der Waals surface area contributed by atoms with Crippen molar-refractivity contribution in [2.45, 2.75) is 36.3 Å². The van der Waals surface area contributed by atoms with Crippen molar-refractivity contribution in [1.82, 2.24) is 19.7 Å². The third kappa shape index (κ3) is 5.72. The van der Waals surface area contributed by atoms with E-state index >= 15 is 0 Å². The summed E-state index contributed by atoms with van der Waals surface area (Å²) in [6.07, 6.45) is 2.11. The molecule has 2 fully saturated rings. The maximum atomic E-state index is 15.0. The summed E-state index contributed by atoms with van der Waals surface area (Å²) in [6.45, 7) is 6.56. The molecular weight excluding hydrogens is 636 g/mol. The number of aromatic nitrogens is 1. The van der Waals surface area contributed by atoms with Crippen molar-refractivity contribution in [3.05, 3.63) is 77.5 Å². The lowest BCUT2D eigenvalue weighted by atomic mass is 9.87. The largest absolute Gasteiger partial charge is 0.495 e. The summed E-state index contributed by atoms with van der Waals surface area (Å²) in [7, 11) is -1.21. The van der Waals surface area contributed by atoms with Gasteiger partial charge in [-0.3, -0.25) is 9.69 Å². The third-order valence-corrected chi connectivity index (χ3v) is 11.0. The van der Waals surface area contributed by atoms with E-state index < -0.39 is 27.6 Å². The molecule has 0 saturated carbocycles. The number of benzene rings is 2. The van der Waals surface area contributed by atoms with Gasteiger partial charge in [-0.25, -0.2) is 18.2 Å². The fourth-order valence-electron chi connectivity index (χ4n) is 6.72. The Labute approximate surface area is 280 Å². The standard InChI is InChI=1S/C34H38N6O7S/c1-4-46-31-26(8-7-15-36-31)34(47-33(42)39-16-13-25(14-17-39)38-20-18-37(2)19-21-38)27-22-24(23-35)11-12-28(27)40(32(34)41)48(43,44)30-10-6-5-9-29(30)45-3/h5-12,15,22,25H,4,13-14,16-21H2,1-3H3. The Morgan fingerprint density at radius 2 is 1.75 bits per heavy atom. The Bertz CT molecular complexity index is 1850. The molecule has 48 heavy (non-hydrogen) atoms. The van der Waals surface area contributed by atoms with Crippen LogP contribution in [-0.2, 0) is 25.2 Å². The lowest BCUT2D eigenvalue weighted by molar-refractivity contribution is -0.132. The predicted octanol–water partition coefficient (Wildman–Crippen LogP) is 3.19. The number of nitriles is 1. The van der Waals surface area contributed by atoms with Gasteiger partial charge in [0.2, 0.25) is 5.88 Å². The summed E-state index contributed by atoms with van der Waals surface area (Å²) in [6, 6.07) is 15.5. The molecule has 2 amide bonds. The number of piperidine rings is 1. The minimum atomic E-state index is -4.65. The third-order valence-electron chi connectivity index (χ3n) is 9.25. The second kappa shape index (κ2) is 13.4. The number of amides is 2. The van der Waals surface area contributed by atoms with Crippen LogP contribution in [0.3, 0.4) is 0 Å². The molecule has 1 unspecified atom stereocenters. The average molecular weight is 675 g/mol. The van der Waals surface area contributed by atoms with E-state index in [1.54, 1.807) is 24.0 Å². The highest BCUT2D eigenvalue weighted by Crippen LogP contribution is 2.52. The number of carbonyl (C=O) groups excluding carboxylic acids is 2. The number of likely N-dealkylation sites (tertiary alicyclic amines) is 1. The molecule has 4 heterocycles. The molecule has 14 heteroatoms. The van der Waals surface area contributed by atoms with E-state index in [0.717, 1.165) is 39.0 Å². The molecule has 252 valence electrons. The smallest absolute Gasteiger partial charge is 0.411 e. The molecule has 1 aromatic heterocycles. The molecule has 0 bridgehead atoms. The maximum absolute atomic E-state index is 15.0. The minimum absolute atomic E-state index is 0.000325. The SMILES string of the molecule is CCOc1ncccc1C1(OC(=O)N2CCC(N3CCN(C)CC3)CC2)C(=O)N(S(=O)(=O)c2ccccc2OC)c2ccc(C#N)cc21. The molecule has 2 aromatic carbocycles. The second-order valence-electron chi connectivity index (χ2n) is 12.0. The van der Waals surface area contributed by atoms with E-state index in [0.29, 0.717) is 23.4 Å². The fraction of sp³-hybridized carbons (Fsp3) is 0.412. The van der Waals surface area contributed by atoms with Crippen molar-refractivity contribution >= 4 is 27.7 Å². The number of rotatable bonds is 8. The van der Waals surface area contributed by atoms with Crippen LogP contribution in [0.15, 0.2) is 65.7 Å². The van der Waals surface area contributed by atoms with Gasteiger partial charge in [-0.2, -0.15) is 9.57 Å². The molecule has 2 saturated heterocycles. The number of carbonyl (C=O) groups is 2. The van der Waals surface area contributed by atoms with Crippen LogP contribution >= 0.6 is 0 Å². The lowest BCUT2D eigenvalue weighted by Gasteiger charge is -2.42. The first kappa shape index (κ1) is 33.2. The van der Waals surface area contributed by atoms with E-state index in [2.05, 4.69) is 27.9 Å². The van der Waals surface area contributed by atoms with Crippen molar-refractivity contribution in [2.24, 2.45) is 0 Å². The van der Waals surface area contributed by atoms with Crippen LogP contribution in [0.5, 0.6) is 11.6 Å². The molecule has 3 aliphatic heterocycles. The van der Waals surface area contributed by atoms with Crippen molar-refractivity contribution in [1.29, 1.82) is 5.26 Å². The van der Waals surface area contributed by atoms with Gasteiger partial charge in [-0.1, -0.05) is 12.1 Å². The highest BCUT2D eigenvalue weighted by Gasteiger charge is 2.61. The Balaban J connectivity index is 1.45. The van der Waals surface area contributed by atoms with Gasteiger partial charge in [0.05, 0.1) is 36.6 Å². The minimum Gasteiger partial charge on any atom is -0.495 e. The van der Waals surface area contributed by atoms with Gasteiger partial charge in [0, 0.05) is 57.1 Å². The van der Waals surface area contributed by atoms with Gasteiger partial charge in [0.25, 0.3) is 21.5 Å². The lowest BCUT2D eigenvalue weighted by Crippen LogP contribution is -2.54. The highest BCUT2D eigenvalue weighted by molar-refractivity contribution is 7.93. The number of para-hydroxylation sites is 1. The first-order valence-corrected chi connectivity index (χ1v) is 17.4. The molecule has 0 aliphatic carbocycles. The van der Waals surface area contributed by atoms with Crippen LogP contribution in [0, 0.1) is 11.3 Å². The van der Waals surface area contributed by atoms with Crippen molar-refractivity contribution in [2.75, 3.05) is 64.3 Å². The van der Waals surface area contributed by atoms with E-state index in [9.17, 15) is 23.3 Å². The van der Waals surface area contributed by atoms with E-state index in [-0.39, 0.29) is 45.5 Å².